The molecule has 1 N–H and O–H groups in total. The zero-order valence-corrected chi connectivity index (χ0v) is 18.5. The lowest BCUT2D eigenvalue weighted by Crippen LogP contribution is -2.48. The standard InChI is InChI=1S/C26H29FN2O3/c1-17(18-9-4-3-5-10-18)29-25(21-13-6-7-14-22(21)26(29)31)28-23(16-24(30)32-2)19-11-8-12-20(27)15-19/h3-5,8-12,15,17,23,25,28H,6-7,13-14,16H2,1-2H3. The van der Waals surface area contributed by atoms with Crippen LogP contribution >= 0.6 is 0 Å². The molecule has 3 unspecified atom stereocenters. The average Bonchev–Trinajstić information content (AvgIpc) is 3.10. The maximum Gasteiger partial charge on any atom is 0.307 e. The van der Waals surface area contributed by atoms with Gasteiger partial charge in [0, 0.05) is 11.6 Å². The Morgan fingerprint density at radius 2 is 1.84 bits per heavy atom. The molecule has 0 saturated heterocycles. The van der Waals surface area contributed by atoms with Crippen LogP contribution in [0.1, 0.15) is 62.2 Å². The van der Waals surface area contributed by atoms with Gasteiger partial charge in [-0.2, -0.15) is 0 Å². The van der Waals surface area contributed by atoms with Gasteiger partial charge >= 0.3 is 5.97 Å². The highest BCUT2D eigenvalue weighted by molar-refractivity contribution is 5.98. The number of nitrogens with zero attached hydrogens (tertiary/aromatic N) is 1. The van der Waals surface area contributed by atoms with Crippen LogP contribution in [0.15, 0.2) is 65.7 Å². The number of ether oxygens (including phenoxy) is 1. The number of hydrogen-bond donors (Lipinski definition) is 1. The van der Waals surface area contributed by atoms with Crippen LogP contribution in [0.2, 0.25) is 0 Å². The van der Waals surface area contributed by atoms with Crippen LogP contribution in [0.4, 0.5) is 4.39 Å². The van der Waals surface area contributed by atoms with E-state index in [1.54, 1.807) is 12.1 Å². The zero-order chi connectivity index (χ0) is 22.7. The van der Waals surface area contributed by atoms with Crippen molar-refractivity contribution in [1.29, 1.82) is 0 Å². The Labute approximate surface area is 188 Å². The van der Waals surface area contributed by atoms with Crippen molar-refractivity contribution in [3.8, 4) is 0 Å². The summed E-state index contributed by atoms with van der Waals surface area (Å²) in [5.41, 5.74) is 3.67. The molecule has 168 valence electrons. The first-order valence-corrected chi connectivity index (χ1v) is 11.2. The zero-order valence-electron chi connectivity index (χ0n) is 18.5. The molecule has 5 nitrogen and oxygen atoms in total. The van der Waals surface area contributed by atoms with Crippen molar-refractivity contribution in [2.45, 2.75) is 57.3 Å². The SMILES string of the molecule is COC(=O)CC(NC1C2=C(CCCC2)C(=O)N1C(C)c1ccccc1)c1cccc(F)c1. The normalized spacial score (nSPS) is 20.2. The summed E-state index contributed by atoms with van der Waals surface area (Å²) in [7, 11) is 1.34. The fourth-order valence-corrected chi connectivity index (χ4v) is 4.83. The molecule has 0 spiro atoms. The topological polar surface area (TPSA) is 58.6 Å². The number of nitrogens with one attached hydrogen (secondary N) is 1. The molecule has 2 aromatic rings. The summed E-state index contributed by atoms with van der Waals surface area (Å²) < 4.78 is 18.9. The van der Waals surface area contributed by atoms with E-state index in [0.717, 1.165) is 42.4 Å². The summed E-state index contributed by atoms with van der Waals surface area (Å²) >= 11 is 0. The van der Waals surface area contributed by atoms with Crippen molar-refractivity contribution in [3.63, 3.8) is 0 Å². The van der Waals surface area contributed by atoms with Gasteiger partial charge in [-0.25, -0.2) is 4.39 Å². The highest BCUT2D eigenvalue weighted by Crippen LogP contribution is 2.40. The van der Waals surface area contributed by atoms with Crippen molar-refractivity contribution < 1.29 is 18.7 Å². The number of rotatable bonds is 7. The molecule has 0 radical (unpaired) electrons. The van der Waals surface area contributed by atoms with Crippen LogP contribution in [0, 0.1) is 5.82 Å². The summed E-state index contributed by atoms with van der Waals surface area (Å²) in [4.78, 5) is 27.6. The van der Waals surface area contributed by atoms with E-state index in [2.05, 4.69) is 5.32 Å². The van der Waals surface area contributed by atoms with Gasteiger partial charge < -0.3 is 9.64 Å². The first-order valence-electron chi connectivity index (χ1n) is 11.2. The van der Waals surface area contributed by atoms with Gasteiger partial charge in [-0.15, -0.1) is 0 Å². The second-order valence-corrected chi connectivity index (χ2v) is 8.47. The molecule has 32 heavy (non-hydrogen) atoms. The number of benzene rings is 2. The quantitative estimate of drug-likeness (QED) is 0.633. The second kappa shape index (κ2) is 9.65. The van der Waals surface area contributed by atoms with E-state index in [9.17, 15) is 14.0 Å². The van der Waals surface area contributed by atoms with Gasteiger partial charge in [0.25, 0.3) is 5.91 Å². The third kappa shape index (κ3) is 4.46. The Morgan fingerprint density at radius 3 is 2.56 bits per heavy atom. The number of halogens is 1. The highest BCUT2D eigenvalue weighted by Gasteiger charge is 2.43. The van der Waals surface area contributed by atoms with Crippen molar-refractivity contribution in [3.05, 3.63) is 82.7 Å². The molecule has 3 atom stereocenters. The largest absolute Gasteiger partial charge is 0.469 e. The molecular weight excluding hydrogens is 407 g/mol. The monoisotopic (exact) mass is 436 g/mol. The van der Waals surface area contributed by atoms with Gasteiger partial charge in [0.05, 0.1) is 19.6 Å². The van der Waals surface area contributed by atoms with E-state index in [4.69, 9.17) is 4.74 Å². The minimum atomic E-state index is -0.491. The highest BCUT2D eigenvalue weighted by atomic mass is 19.1. The minimum Gasteiger partial charge on any atom is -0.469 e. The Morgan fingerprint density at radius 1 is 1.12 bits per heavy atom. The summed E-state index contributed by atoms with van der Waals surface area (Å²) in [6.45, 7) is 2.03. The number of esters is 1. The lowest BCUT2D eigenvalue weighted by Gasteiger charge is -2.36. The van der Waals surface area contributed by atoms with Gasteiger partial charge in [-0.05, 0) is 61.4 Å². The molecule has 1 aliphatic heterocycles. The Hall–Kier alpha value is -2.99. The van der Waals surface area contributed by atoms with Crippen LogP contribution in [-0.2, 0) is 14.3 Å². The molecule has 1 heterocycles. The first kappa shape index (κ1) is 22.2. The number of carbonyl (C=O) groups is 2. The first-order chi connectivity index (χ1) is 15.5. The smallest absolute Gasteiger partial charge is 0.307 e. The van der Waals surface area contributed by atoms with Gasteiger partial charge in [0.1, 0.15) is 12.0 Å². The van der Waals surface area contributed by atoms with E-state index in [0.29, 0.717) is 5.56 Å². The molecule has 6 heteroatoms. The van der Waals surface area contributed by atoms with E-state index in [1.807, 2.05) is 42.2 Å². The molecule has 0 aromatic heterocycles. The average molecular weight is 437 g/mol. The molecule has 0 bridgehead atoms. The predicted octanol–water partition coefficient (Wildman–Crippen LogP) is 4.82. The van der Waals surface area contributed by atoms with Crippen LogP contribution in [0.3, 0.4) is 0 Å². The molecule has 2 aliphatic rings. The van der Waals surface area contributed by atoms with Crippen molar-refractivity contribution in [2.75, 3.05) is 7.11 Å². The molecular formula is C26H29FN2O3. The molecule has 1 amide bonds. The summed E-state index contributed by atoms with van der Waals surface area (Å²) in [6, 6.07) is 15.5. The fraction of sp³-hybridized carbons (Fsp3) is 0.385. The van der Waals surface area contributed by atoms with E-state index >= 15 is 0 Å². The van der Waals surface area contributed by atoms with E-state index < -0.39 is 12.0 Å². The number of hydrogen-bond acceptors (Lipinski definition) is 4. The van der Waals surface area contributed by atoms with Gasteiger partial charge in [-0.3, -0.25) is 14.9 Å². The number of carbonyl (C=O) groups excluding carboxylic acids is 2. The van der Waals surface area contributed by atoms with Crippen molar-refractivity contribution >= 4 is 11.9 Å². The van der Waals surface area contributed by atoms with Gasteiger partial charge in [0.15, 0.2) is 0 Å². The lowest BCUT2D eigenvalue weighted by atomic mass is 9.92. The fourth-order valence-electron chi connectivity index (χ4n) is 4.83. The van der Waals surface area contributed by atoms with E-state index in [-0.39, 0.29) is 30.4 Å². The summed E-state index contributed by atoms with van der Waals surface area (Å²) in [6.07, 6.45) is 3.32. The predicted molar refractivity (Wildman–Crippen MR) is 120 cm³/mol. The maximum atomic E-state index is 14.0. The molecule has 0 fully saturated rings. The number of methoxy groups -OCH3 is 1. The van der Waals surface area contributed by atoms with Crippen LogP contribution in [0.5, 0.6) is 0 Å². The molecule has 0 saturated carbocycles. The second-order valence-electron chi connectivity index (χ2n) is 8.47. The number of amides is 1. The third-order valence-corrected chi connectivity index (χ3v) is 6.52. The molecule has 4 rings (SSSR count). The van der Waals surface area contributed by atoms with Crippen LogP contribution in [-0.4, -0.2) is 30.1 Å². The van der Waals surface area contributed by atoms with Gasteiger partial charge in [0.2, 0.25) is 0 Å². The molecule has 2 aromatic carbocycles. The van der Waals surface area contributed by atoms with Crippen molar-refractivity contribution in [1.82, 2.24) is 10.2 Å². The van der Waals surface area contributed by atoms with Crippen molar-refractivity contribution in [2.24, 2.45) is 0 Å². The third-order valence-electron chi connectivity index (χ3n) is 6.52. The maximum absolute atomic E-state index is 14.0. The Bertz CT molecular complexity index is 1020. The summed E-state index contributed by atoms with van der Waals surface area (Å²) in [5.74, 6) is -0.713. The van der Waals surface area contributed by atoms with Crippen LogP contribution in [0.25, 0.3) is 0 Å². The Kier molecular flexibility index (Phi) is 6.70. The minimum absolute atomic E-state index is 0.0425. The Balaban J connectivity index is 1.71. The lowest BCUT2D eigenvalue weighted by molar-refractivity contribution is -0.141. The molecule has 1 aliphatic carbocycles. The summed E-state index contributed by atoms with van der Waals surface area (Å²) in [5, 5.41) is 3.53. The van der Waals surface area contributed by atoms with E-state index in [1.165, 1.54) is 19.2 Å². The van der Waals surface area contributed by atoms with Crippen LogP contribution < -0.4 is 5.32 Å². The van der Waals surface area contributed by atoms with Gasteiger partial charge in [-0.1, -0.05) is 42.5 Å².